The van der Waals surface area contributed by atoms with Crippen molar-refractivity contribution in [3.05, 3.63) is 52.5 Å². The summed E-state index contributed by atoms with van der Waals surface area (Å²) in [6.45, 7) is 3.93. The topological polar surface area (TPSA) is 89.7 Å². The molecule has 27 heavy (non-hydrogen) atoms. The molecule has 2 aromatic carbocycles. The molecule has 6 nitrogen and oxygen atoms in total. The molecule has 1 heterocycles. The van der Waals surface area contributed by atoms with Gasteiger partial charge < -0.3 is 10.5 Å². The highest BCUT2D eigenvalue weighted by Gasteiger charge is 2.40. The number of nitrogens with two attached hydrogens (primary N) is 1. The Labute approximate surface area is 167 Å². The summed E-state index contributed by atoms with van der Waals surface area (Å²) in [5.41, 5.74) is 6.66. The van der Waals surface area contributed by atoms with Crippen molar-refractivity contribution in [3.8, 4) is 5.75 Å². The fourth-order valence-corrected chi connectivity index (χ4v) is 5.85. The second-order valence-corrected chi connectivity index (χ2v) is 9.12. The Morgan fingerprint density at radius 1 is 1.30 bits per heavy atom. The van der Waals surface area contributed by atoms with Gasteiger partial charge in [-0.15, -0.1) is 0 Å². The van der Waals surface area contributed by atoms with Gasteiger partial charge in [0.15, 0.2) is 0 Å². The van der Waals surface area contributed by atoms with Gasteiger partial charge in [0.05, 0.1) is 18.2 Å². The van der Waals surface area contributed by atoms with E-state index >= 15 is 0 Å². The minimum Gasteiger partial charge on any atom is -0.492 e. The van der Waals surface area contributed by atoms with Gasteiger partial charge in [0, 0.05) is 10.5 Å². The van der Waals surface area contributed by atoms with E-state index in [1.807, 2.05) is 0 Å². The zero-order valence-corrected chi connectivity index (χ0v) is 17.5. The lowest BCUT2D eigenvalue weighted by Crippen LogP contribution is -2.45. The van der Waals surface area contributed by atoms with Crippen LogP contribution in [0, 0.1) is 0 Å². The number of amides is 1. The summed E-state index contributed by atoms with van der Waals surface area (Å²) in [6, 6.07) is 11.5. The van der Waals surface area contributed by atoms with Gasteiger partial charge in [-0.25, -0.2) is 8.42 Å². The lowest BCUT2D eigenvalue weighted by molar-refractivity contribution is -0.119. The van der Waals surface area contributed by atoms with Crippen molar-refractivity contribution in [3.63, 3.8) is 0 Å². The number of hydrogen-bond acceptors (Lipinski definition) is 4. The molecule has 0 bridgehead atoms. The molecule has 0 radical (unpaired) electrons. The third-order valence-corrected chi connectivity index (χ3v) is 7.06. The standard InChI is InChI=1S/C19H21BrN2O4S/c1-3-26-17-9-8-13(20)11-18(17)27(24,25)22-12(2)10-15(19(21)23)14-6-4-5-7-16(14)22/h4-9,11-12,15H,3,10H2,1-2H3,(H2,21,23)/t12-,15+/m1/s1. The molecular formula is C19H21BrN2O4S. The Balaban J connectivity index is 2.19. The van der Waals surface area contributed by atoms with Gasteiger partial charge in [-0.3, -0.25) is 9.10 Å². The Morgan fingerprint density at radius 3 is 2.67 bits per heavy atom. The predicted octanol–water partition coefficient (Wildman–Crippen LogP) is 3.40. The first kappa shape index (κ1) is 19.7. The molecule has 144 valence electrons. The number of nitrogens with zero attached hydrogens (tertiary/aromatic N) is 1. The van der Waals surface area contributed by atoms with E-state index in [2.05, 4.69) is 15.9 Å². The second kappa shape index (κ2) is 7.52. The highest BCUT2D eigenvalue weighted by atomic mass is 79.9. The molecule has 0 spiro atoms. The smallest absolute Gasteiger partial charge is 0.268 e. The third-order valence-electron chi connectivity index (χ3n) is 4.61. The zero-order chi connectivity index (χ0) is 19.8. The summed E-state index contributed by atoms with van der Waals surface area (Å²) < 4.78 is 34.7. The first-order valence-corrected chi connectivity index (χ1v) is 10.9. The maximum atomic E-state index is 13.6. The Bertz CT molecular complexity index is 977. The van der Waals surface area contributed by atoms with E-state index in [1.54, 1.807) is 50.2 Å². The number of para-hydroxylation sites is 1. The molecular weight excluding hydrogens is 432 g/mol. The van der Waals surface area contributed by atoms with E-state index in [1.165, 1.54) is 10.4 Å². The third kappa shape index (κ3) is 3.55. The number of sulfonamides is 1. The van der Waals surface area contributed by atoms with Crippen LogP contribution in [-0.2, 0) is 14.8 Å². The highest BCUT2D eigenvalue weighted by Crippen LogP contribution is 2.42. The monoisotopic (exact) mass is 452 g/mol. The van der Waals surface area contributed by atoms with Gasteiger partial charge >= 0.3 is 0 Å². The van der Waals surface area contributed by atoms with E-state index in [9.17, 15) is 13.2 Å². The van der Waals surface area contributed by atoms with Crippen LogP contribution in [-0.4, -0.2) is 27.0 Å². The fourth-order valence-electron chi connectivity index (χ4n) is 3.48. The fraction of sp³-hybridized carbons (Fsp3) is 0.316. The summed E-state index contributed by atoms with van der Waals surface area (Å²) in [4.78, 5) is 12.0. The molecule has 1 aliphatic rings. The number of fused-ring (bicyclic) bond motifs is 1. The average molecular weight is 453 g/mol. The van der Waals surface area contributed by atoms with Gasteiger partial charge in [0.2, 0.25) is 5.91 Å². The van der Waals surface area contributed by atoms with Crippen LogP contribution in [0.15, 0.2) is 51.8 Å². The molecule has 1 amide bonds. The van der Waals surface area contributed by atoms with E-state index in [-0.39, 0.29) is 4.90 Å². The number of primary amides is 1. The molecule has 0 fully saturated rings. The number of hydrogen-bond donors (Lipinski definition) is 1. The molecule has 0 saturated carbocycles. The number of ether oxygens (including phenoxy) is 1. The van der Waals surface area contributed by atoms with E-state index < -0.39 is 27.9 Å². The largest absolute Gasteiger partial charge is 0.492 e. The second-order valence-electron chi connectivity index (χ2n) is 6.42. The summed E-state index contributed by atoms with van der Waals surface area (Å²) >= 11 is 3.34. The molecule has 3 rings (SSSR count). The number of carbonyl (C=O) groups excluding carboxylic acids is 1. The molecule has 2 aromatic rings. The average Bonchev–Trinajstić information content (AvgIpc) is 2.62. The Kier molecular flexibility index (Phi) is 5.48. The van der Waals surface area contributed by atoms with Crippen molar-refractivity contribution in [1.82, 2.24) is 0 Å². The Hall–Kier alpha value is -2.06. The maximum Gasteiger partial charge on any atom is 0.268 e. The Morgan fingerprint density at radius 2 is 2.00 bits per heavy atom. The van der Waals surface area contributed by atoms with Crippen molar-refractivity contribution >= 4 is 37.5 Å². The van der Waals surface area contributed by atoms with Crippen molar-refractivity contribution < 1.29 is 17.9 Å². The van der Waals surface area contributed by atoms with Crippen LogP contribution in [0.3, 0.4) is 0 Å². The van der Waals surface area contributed by atoms with Crippen LogP contribution < -0.4 is 14.8 Å². The summed E-state index contributed by atoms with van der Waals surface area (Å²) in [7, 11) is -3.92. The van der Waals surface area contributed by atoms with Crippen LogP contribution in [0.5, 0.6) is 5.75 Å². The van der Waals surface area contributed by atoms with Crippen molar-refractivity contribution in [2.75, 3.05) is 10.9 Å². The van der Waals surface area contributed by atoms with Crippen LogP contribution in [0.2, 0.25) is 0 Å². The van der Waals surface area contributed by atoms with E-state index in [4.69, 9.17) is 10.5 Å². The van der Waals surface area contributed by atoms with Gasteiger partial charge in [-0.1, -0.05) is 34.1 Å². The minimum atomic E-state index is -3.92. The predicted molar refractivity (Wildman–Crippen MR) is 107 cm³/mol. The molecule has 1 aliphatic heterocycles. The van der Waals surface area contributed by atoms with Gasteiger partial charge in [0.25, 0.3) is 10.0 Å². The number of benzene rings is 2. The molecule has 2 atom stereocenters. The molecule has 2 N–H and O–H groups in total. The van der Waals surface area contributed by atoms with Crippen molar-refractivity contribution in [2.45, 2.75) is 37.1 Å². The molecule has 0 unspecified atom stereocenters. The number of carbonyl (C=O) groups is 1. The van der Waals surface area contributed by atoms with Gasteiger partial charge in [-0.05, 0) is 50.1 Å². The van der Waals surface area contributed by atoms with Crippen LogP contribution in [0.1, 0.15) is 31.7 Å². The minimum absolute atomic E-state index is 0.0814. The van der Waals surface area contributed by atoms with Crippen molar-refractivity contribution in [1.29, 1.82) is 0 Å². The van der Waals surface area contributed by atoms with E-state index in [0.29, 0.717) is 34.5 Å². The molecule has 0 aliphatic carbocycles. The first-order valence-electron chi connectivity index (χ1n) is 8.62. The van der Waals surface area contributed by atoms with E-state index in [0.717, 1.165) is 0 Å². The zero-order valence-electron chi connectivity index (χ0n) is 15.1. The SMILES string of the molecule is CCOc1ccc(Br)cc1S(=O)(=O)N1c2ccccc2[C@@H](C(N)=O)C[C@H]1C. The van der Waals surface area contributed by atoms with Crippen LogP contribution in [0.25, 0.3) is 0 Å². The maximum absolute atomic E-state index is 13.6. The summed E-state index contributed by atoms with van der Waals surface area (Å²) in [6.07, 6.45) is 0.323. The highest BCUT2D eigenvalue weighted by molar-refractivity contribution is 9.10. The summed E-state index contributed by atoms with van der Waals surface area (Å²) in [5, 5.41) is 0. The lowest BCUT2D eigenvalue weighted by Gasteiger charge is -2.39. The molecule has 0 aromatic heterocycles. The quantitative estimate of drug-likeness (QED) is 0.752. The van der Waals surface area contributed by atoms with Crippen LogP contribution >= 0.6 is 15.9 Å². The molecule has 0 saturated heterocycles. The number of anilines is 1. The lowest BCUT2D eigenvalue weighted by atomic mass is 9.87. The van der Waals surface area contributed by atoms with Crippen LogP contribution in [0.4, 0.5) is 5.69 Å². The number of halogens is 1. The summed E-state index contributed by atoms with van der Waals surface area (Å²) in [5.74, 6) is -0.678. The molecule has 8 heteroatoms. The van der Waals surface area contributed by atoms with Gasteiger partial charge in [-0.2, -0.15) is 0 Å². The van der Waals surface area contributed by atoms with Gasteiger partial charge in [0.1, 0.15) is 10.6 Å². The normalized spacial score (nSPS) is 19.4. The first-order chi connectivity index (χ1) is 12.8. The van der Waals surface area contributed by atoms with Crippen molar-refractivity contribution in [2.24, 2.45) is 5.73 Å². The number of rotatable bonds is 5.